The van der Waals surface area contributed by atoms with Crippen molar-refractivity contribution < 1.29 is 4.74 Å². The highest BCUT2D eigenvalue weighted by atomic mass is 35.5. The molecule has 0 unspecified atom stereocenters. The molecule has 0 atom stereocenters. The molecule has 4 heterocycles. The lowest BCUT2D eigenvalue weighted by Gasteiger charge is -2.11. The van der Waals surface area contributed by atoms with Gasteiger partial charge in [0.05, 0.1) is 17.8 Å². The van der Waals surface area contributed by atoms with Gasteiger partial charge in [-0.2, -0.15) is 5.10 Å². The van der Waals surface area contributed by atoms with Crippen molar-refractivity contribution >= 4 is 22.5 Å². The number of aryl methyl sites for hydroxylation is 2. The number of hydrogen-bond donors (Lipinski definition) is 0. The number of pyridine rings is 2. The van der Waals surface area contributed by atoms with Gasteiger partial charge in [-0.05, 0) is 62.1 Å². The molecule has 3 aromatic heterocycles. The van der Waals surface area contributed by atoms with Gasteiger partial charge in [-0.15, -0.1) is 11.6 Å². The van der Waals surface area contributed by atoms with Crippen molar-refractivity contribution in [1.82, 2.24) is 19.7 Å². The first-order chi connectivity index (χ1) is 14.7. The molecular formula is C24H23ClN4O. The van der Waals surface area contributed by atoms with Gasteiger partial charge >= 0.3 is 0 Å². The zero-order chi connectivity index (χ0) is 20.5. The number of alkyl halides is 1. The number of rotatable bonds is 6. The molecule has 0 N–H and O–H groups in total. The fraction of sp³-hybridized carbons (Fsp3) is 0.292. The molecule has 152 valence electrons. The van der Waals surface area contributed by atoms with Gasteiger partial charge in [0.15, 0.2) is 0 Å². The van der Waals surface area contributed by atoms with Crippen molar-refractivity contribution in [2.24, 2.45) is 0 Å². The first kappa shape index (κ1) is 19.1. The van der Waals surface area contributed by atoms with Crippen molar-refractivity contribution in [3.63, 3.8) is 0 Å². The average molecular weight is 419 g/mol. The number of aromatic nitrogens is 4. The van der Waals surface area contributed by atoms with Crippen molar-refractivity contribution in [2.75, 3.05) is 12.5 Å². The standard InChI is InChI=1S/C24H23ClN4O/c1-16-5-2-6-20(27-16)24-23(22-7-3-13-29(22)28-24)19-10-12-26-21-15-17(8-9-18(19)21)30-14-4-11-25/h2,5-6,8-10,12,15H,3-4,7,11,13-14H2,1H3. The Morgan fingerprint density at radius 1 is 1.17 bits per heavy atom. The van der Waals surface area contributed by atoms with Crippen LogP contribution >= 0.6 is 11.6 Å². The number of nitrogens with zero attached hydrogens (tertiary/aromatic N) is 4. The zero-order valence-corrected chi connectivity index (χ0v) is 17.7. The highest BCUT2D eigenvalue weighted by Crippen LogP contribution is 2.40. The summed E-state index contributed by atoms with van der Waals surface area (Å²) in [6.45, 7) is 3.57. The van der Waals surface area contributed by atoms with E-state index in [1.54, 1.807) is 0 Å². The van der Waals surface area contributed by atoms with Crippen LogP contribution in [0.2, 0.25) is 0 Å². The fourth-order valence-corrected chi connectivity index (χ4v) is 4.26. The molecule has 0 saturated carbocycles. The molecule has 6 heteroatoms. The van der Waals surface area contributed by atoms with Gasteiger partial charge in [0.25, 0.3) is 0 Å². The largest absolute Gasteiger partial charge is 0.493 e. The second-order valence-corrected chi connectivity index (χ2v) is 7.97. The minimum Gasteiger partial charge on any atom is -0.493 e. The van der Waals surface area contributed by atoms with Gasteiger partial charge in [0, 0.05) is 47.0 Å². The van der Waals surface area contributed by atoms with Crippen LogP contribution in [0.15, 0.2) is 48.7 Å². The Hall–Kier alpha value is -2.92. The number of hydrogen-bond acceptors (Lipinski definition) is 4. The SMILES string of the molecule is Cc1cccc(-c2nn3c(c2-c2ccnc4cc(OCCCCl)ccc24)CCC3)n1. The van der Waals surface area contributed by atoms with E-state index < -0.39 is 0 Å². The van der Waals surface area contributed by atoms with Crippen molar-refractivity contribution in [1.29, 1.82) is 0 Å². The van der Waals surface area contributed by atoms with Gasteiger partial charge in [-0.25, -0.2) is 0 Å². The molecule has 1 aromatic carbocycles. The second kappa shape index (κ2) is 8.07. The average Bonchev–Trinajstić information content (AvgIpc) is 3.35. The fourth-order valence-electron chi connectivity index (χ4n) is 4.15. The van der Waals surface area contributed by atoms with Crippen LogP contribution in [0.1, 0.15) is 24.2 Å². The van der Waals surface area contributed by atoms with Crippen LogP contribution in [0.25, 0.3) is 33.4 Å². The minimum absolute atomic E-state index is 0.596. The van der Waals surface area contributed by atoms with E-state index in [0.29, 0.717) is 12.5 Å². The van der Waals surface area contributed by atoms with Crippen LogP contribution < -0.4 is 4.74 Å². The van der Waals surface area contributed by atoms with Gasteiger partial charge < -0.3 is 4.74 Å². The molecule has 0 radical (unpaired) electrons. The summed E-state index contributed by atoms with van der Waals surface area (Å²) in [5.41, 5.74) is 7.37. The number of halogens is 1. The Kier molecular flexibility index (Phi) is 5.13. The normalized spacial score (nSPS) is 13.0. The van der Waals surface area contributed by atoms with Gasteiger partial charge in [-0.1, -0.05) is 6.07 Å². The lowest BCUT2D eigenvalue weighted by atomic mass is 9.96. The predicted octanol–water partition coefficient (Wildman–Crippen LogP) is 5.42. The highest BCUT2D eigenvalue weighted by molar-refractivity contribution is 6.17. The van der Waals surface area contributed by atoms with E-state index in [-0.39, 0.29) is 0 Å². The van der Waals surface area contributed by atoms with Crippen LogP contribution in [0.4, 0.5) is 0 Å². The topological polar surface area (TPSA) is 52.8 Å². The van der Waals surface area contributed by atoms with E-state index in [4.69, 9.17) is 26.4 Å². The van der Waals surface area contributed by atoms with E-state index in [1.807, 2.05) is 43.5 Å². The summed E-state index contributed by atoms with van der Waals surface area (Å²) in [4.78, 5) is 9.36. The smallest absolute Gasteiger partial charge is 0.121 e. The maximum Gasteiger partial charge on any atom is 0.121 e. The maximum atomic E-state index is 5.81. The molecule has 0 fully saturated rings. The third-order valence-electron chi connectivity index (χ3n) is 5.50. The van der Waals surface area contributed by atoms with E-state index >= 15 is 0 Å². The molecule has 0 spiro atoms. The summed E-state index contributed by atoms with van der Waals surface area (Å²) < 4.78 is 7.96. The lowest BCUT2D eigenvalue weighted by Crippen LogP contribution is -1.98. The van der Waals surface area contributed by atoms with Crippen molar-refractivity contribution in [2.45, 2.75) is 32.7 Å². The third kappa shape index (κ3) is 3.43. The second-order valence-electron chi connectivity index (χ2n) is 7.59. The van der Waals surface area contributed by atoms with Crippen LogP contribution in [0.3, 0.4) is 0 Å². The molecule has 30 heavy (non-hydrogen) atoms. The molecule has 1 aliphatic rings. The number of benzene rings is 1. The molecule has 1 aliphatic heterocycles. The molecular weight excluding hydrogens is 396 g/mol. The minimum atomic E-state index is 0.596. The first-order valence-electron chi connectivity index (χ1n) is 10.4. The maximum absolute atomic E-state index is 5.81. The van der Waals surface area contributed by atoms with Crippen LogP contribution in [-0.2, 0) is 13.0 Å². The van der Waals surface area contributed by atoms with Gasteiger partial charge in [-0.3, -0.25) is 14.6 Å². The monoisotopic (exact) mass is 418 g/mol. The molecule has 4 aromatic rings. The van der Waals surface area contributed by atoms with Gasteiger partial charge in [0.2, 0.25) is 0 Å². The quantitative estimate of drug-likeness (QED) is 0.310. The Morgan fingerprint density at radius 3 is 2.97 bits per heavy atom. The summed E-state index contributed by atoms with van der Waals surface area (Å²) in [7, 11) is 0. The van der Waals surface area contributed by atoms with E-state index in [0.717, 1.165) is 65.1 Å². The molecule has 0 bridgehead atoms. The van der Waals surface area contributed by atoms with Crippen LogP contribution in [-0.4, -0.2) is 32.2 Å². The van der Waals surface area contributed by atoms with Crippen LogP contribution in [0, 0.1) is 6.92 Å². The Labute approximate surface area is 180 Å². The van der Waals surface area contributed by atoms with E-state index in [9.17, 15) is 0 Å². The Bertz CT molecular complexity index is 1220. The highest BCUT2D eigenvalue weighted by Gasteiger charge is 2.25. The molecule has 0 saturated heterocycles. The van der Waals surface area contributed by atoms with E-state index in [1.165, 1.54) is 11.3 Å². The number of fused-ring (bicyclic) bond motifs is 2. The van der Waals surface area contributed by atoms with E-state index in [2.05, 4.69) is 21.8 Å². The lowest BCUT2D eigenvalue weighted by molar-refractivity contribution is 0.318. The number of ether oxygens (including phenoxy) is 1. The Balaban J connectivity index is 1.65. The van der Waals surface area contributed by atoms with Crippen LogP contribution in [0.5, 0.6) is 5.75 Å². The molecule has 0 amide bonds. The van der Waals surface area contributed by atoms with Crippen molar-refractivity contribution in [3.8, 4) is 28.3 Å². The summed E-state index contributed by atoms with van der Waals surface area (Å²) in [5, 5.41) is 6.05. The molecule has 5 nitrogen and oxygen atoms in total. The summed E-state index contributed by atoms with van der Waals surface area (Å²) in [5.74, 6) is 1.41. The summed E-state index contributed by atoms with van der Waals surface area (Å²) in [6, 6.07) is 14.3. The van der Waals surface area contributed by atoms with Gasteiger partial charge in [0.1, 0.15) is 11.4 Å². The zero-order valence-electron chi connectivity index (χ0n) is 16.9. The summed E-state index contributed by atoms with van der Waals surface area (Å²) in [6.07, 6.45) is 4.84. The first-order valence-corrected chi connectivity index (χ1v) is 10.9. The molecule has 0 aliphatic carbocycles. The van der Waals surface area contributed by atoms with Crippen molar-refractivity contribution in [3.05, 3.63) is 60.0 Å². The predicted molar refractivity (Wildman–Crippen MR) is 120 cm³/mol. The Morgan fingerprint density at radius 2 is 2.10 bits per heavy atom. The molecule has 5 rings (SSSR count). The summed E-state index contributed by atoms with van der Waals surface area (Å²) >= 11 is 5.76. The third-order valence-corrected chi connectivity index (χ3v) is 5.77.